The molecule has 0 bridgehead atoms. The van der Waals surface area contributed by atoms with Crippen LogP contribution in [0, 0.1) is 6.92 Å². The lowest BCUT2D eigenvalue weighted by Gasteiger charge is -2.13. The van der Waals surface area contributed by atoms with E-state index in [-0.39, 0.29) is 5.91 Å². The van der Waals surface area contributed by atoms with E-state index in [0.29, 0.717) is 5.57 Å². The first-order valence-corrected chi connectivity index (χ1v) is 9.50. The molecule has 2 heterocycles. The molecule has 126 valence electrons. The quantitative estimate of drug-likeness (QED) is 0.624. The van der Waals surface area contributed by atoms with Gasteiger partial charge in [0, 0.05) is 18.7 Å². The fourth-order valence-corrected chi connectivity index (χ4v) is 3.72. The van der Waals surface area contributed by atoms with E-state index in [0.717, 1.165) is 35.1 Å². The van der Waals surface area contributed by atoms with E-state index >= 15 is 0 Å². The first-order valence-electron chi connectivity index (χ1n) is 8.28. The fourth-order valence-electron chi connectivity index (χ4n) is 2.90. The zero-order valence-electron chi connectivity index (χ0n) is 14.3. The van der Waals surface area contributed by atoms with E-state index in [1.807, 2.05) is 48.7 Å². The molecule has 4 nitrogen and oxygen atoms in total. The summed E-state index contributed by atoms with van der Waals surface area (Å²) >= 11 is 1.62. The fraction of sp³-hybridized carbons (Fsp3) is 0.200. The van der Waals surface area contributed by atoms with Crippen LogP contribution in [0.2, 0.25) is 0 Å². The van der Waals surface area contributed by atoms with Crippen LogP contribution >= 0.6 is 11.8 Å². The summed E-state index contributed by atoms with van der Waals surface area (Å²) in [5.41, 5.74) is 4.41. The number of rotatable bonds is 4. The number of nitrogens with zero attached hydrogens (tertiary/aromatic N) is 3. The third-order valence-corrected chi connectivity index (χ3v) is 5.16. The molecule has 2 aliphatic heterocycles. The van der Waals surface area contributed by atoms with E-state index in [2.05, 4.69) is 24.0 Å². The van der Waals surface area contributed by atoms with Gasteiger partial charge < -0.3 is 4.90 Å². The Balaban J connectivity index is 1.86. The van der Waals surface area contributed by atoms with Crippen molar-refractivity contribution in [2.24, 2.45) is 5.10 Å². The lowest BCUT2D eigenvalue weighted by Crippen LogP contribution is -2.23. The second-order valence-corrected chi connectivity index (χ2v) is 6.93. The van der Waals surface area contributed by atoms with E-state index in [1.54, 1.807) is 11.8 Å². The number of amides is 1. The number of hydrazone groups is 1. The van der Waals surface area contributed by atoms with Gasteiger partial charge in [0.15, 0.2) is 0 Å². The molecular formula is C20H19N3OS. The number of hydrogen-bond donors (Lipinski definition) is 0. The van der Waals surface area contributed by atoms with Crippen molar-refractivity contribution in [2.45, 2.75) is 6.92 Å². The Morgan fingerprint density at radius 1 is 1.04 bits per heavy atom. The number of aryl methyl sites for hydroxylation is 1. The summed E-state index contributed by atoms with van der Waals surface area (Å²) in [5.74, 6) is -0.0574. The smallest absolute Gasteiger partial charge is 0.283 e. The molecule has 25 heavy (non-hydrogen) atoms. The number of carbonyl (C=O) groups excluding carboxylic acids is 1. The van der Waals surface area contributed by atoms with Crippen LogP contribution in [-0.4, -0.2) is 35.9 Å². The molecule has 5 heteroatoms. The summed E-state index contributed by atoms with van der Waals surface area (Å²) in [6.45, 7) is 4.06. The van der Waals surface area contributed by atoms with Crippen LogP contribution in [0.15, 0.2) is 70.3 Å². The van der Waals surface area contributed by atoms with Crippen LogP contribution < -0.4 is 5.01 Å². The van der Waals surface area contributed by atoms with Crippen molar-refractivity contribution in [1.82, 2.24) is 4.90 Å². The molecule has 2 aromatic rings. The average Bonchev–Trinajstić information content (AvgIpc) is 3.42. The zero-order chi connectivity index (χ0) is 17.4. The van der Waals surface area contributed by atoms with Gasteiger partial charge in [0.05, 0.1) is 16.3 Å². The summed E-state index contributed by atoms with van der Waals surface area (Å²) in [6.07, 6.45) is 2.02. The Bertz CT molecular complexity index is 868. The van der Waals surface area contributed by atoms with E-state index in [4.69, 9.17) is 5.10 Å². The maximum atomic E-state index is 13.2. The van der Waals surface area contributed by atoms with Crippen molar-refractivity contribution in [1.29, 1.82) is 0 Å². The van der Waals surface area contributed by atoms with Gasteiger partial charge in [-0.05, 0) is 25.3 Å². The van der Waals surface area contributed by atoms with Crippen molar-refractivity contribution >= 4 is 29.1 Å². The molecule has 4 rings (SSSR count). The van der Waals surface area contributed by atoms with Crippen LogP contribution in [0.3, 0.4) is 0 Å². The summed E-state index contributed by atoms with van der Waals surface area (Å²) in [4.78, 5) is 15.4. The van der Waals surface area contributed by atoms with Crippen molar-refractivity contribution < 1.29 is 4.79 Å². The number of anilines is 1. The predicted octanol–water partition coefficient (Wildman–Crippen LogP) is 3.64. The van der Waals surface area contributed by atoms with Crippen LogP contribution in [0.4, 0.5) is 5.69 Å². The van der Waals surface area contributed by atoms with Gasteiger partial charge in [-0.2, -0.15) is 10.1 Å². The Hall–Kier alpha value is -2.53. The second kappa shape index (κ2) is 6.41. The van der Waals surface area contributed by atoms with Crippen LogP contribution in [0.25, 0.3) is 0 Å². The predicted molar refractivity (Wildman–Crippen MR) is 104 cm³/mol. The van der Waals surface area contributed by atoms with Crippen molar-refractivity contribution in [3.63, 3.8) is 0 Å². The molecule has 0 radical (unpaired) electrons. The van der Waals surface area contributed by atoms with E-state index in [9.17, 15) is 4.79 Å². The van der Waals surface area contributed by atoms with Crippen LogP contribution in [0.5, 0.6) is 0 Å². The summed E-state index contributed by atoms with van der Waals surface area (Å²) in [7, 11) is 0. The van der Waals surface area contributed by atoms with E-state index in [1.165, 1.54) is 10.6 Å². The number of thioether (sulfide) groups is 1. The normalized spacial score (nSPS) is 18.5. The van der Waals surface area contributed by atoms with Gasteiger partial charge in [-0.15, -0.1) is 11.8 Å². The molecule has 1 saturated heterocycles. The van der Waals surface area contributed by atoms with Crippen molar-refractivity contribution in [2.75, 3.05) is 24.4 Å². The Labute approximate surface area is 151 Å². The monoisotopic (exact) mass is 349 g/mol. The van der Waals surface area contributed by atoms with Gasteiger partial charge in [-0.1, -0.05) is 48.0 Å². The first-order chi connectivity index (χ1) is 12.2. The lowest BCUT2D eigenvalue weighted by atomic mass is 10.0. The highest BCUT2D eigenvalue weighted by atomic mass is 32.2. The molecule has 0 aromatic heterocycles. The van der Waals surface area contributed by atoms with Gasteiger partial charge >= 0.3 is 0 Å². The van der Waals surface area contributed by atoms with Crippen molar-refractivity contribution in [3.05, 3.63) is 76.3 Å². The third-order valence-electron chi connectivity index (χ3n) is 4.31. The molecule has 1 fully saturated rings. The highest BCUT2D eigenvalue weighted by molar-refractivity contribution is 8.02. The zero-order valence-corrected chi connectivity index (χ0v) is 15.1. The summed E-state index contributed by atoms with van der Waals surface area (Å²) in [5, 5.41) is 7.24. The van der Waals surface area contributed by atoms with Gasteiger partial charge in [0.1, 0.15) is 5.71 Å². The molecular weight excluding hydrogens is 330 g/mol. The van der Waals surface area contributed by atoms with Crippen LogP contribution in [0.1, 0.15) is 11.1 Å². The van der Waals surface area contributed by atoms with Crippen molar-refractivity contribution in [3.8, 4) is 0 Å². The average molecular weight is 349 g/mol. The third kappa shape index (κ3) is 2.96. The topological polar surface area (TPSA) is 35.7 Å². The first kappa shape index (κ1) is 16.0. The minimum Gasteiger partial charge on any atom is -0.362 e. The van der Waals surface area contributed by atoms with Crippen LogP contribution in [-0.2, 0) is 4.79 Å². The van der Waals surface area contributed by atoms with Gasteiger partial charge in [0.25, 0.3) is 5.91 Å². The lowest BCUT2D eigenvalue weighted by molar-refractivity contribution is -0.114. The highest BCUT2D eigenvalue weighted by Crippen LogP contribution is 2.35. The Morgan fingerprint density at radius 3 is 2.32 bits per heavy atom. The summed E-state index contributed by atoms with van der Waals surface area (Å²) in [6, 6.07) is 17.8. The van der Waals surface area contributed by atoms with Gasteiger partial charge in [-0.3, -0.25) is 4.79 Å². The number of carbonyl (C=O) groups is 1. The Kier molecular flexibility index (Phi) is 4.09. The molecule has 0 saturated carbocycles. The molecule has 0 atom stereocenters. The largest absolute Gasteiger partial charge is 0.362 e. The minimum absolute atomic E-state index is 0.0574. The number of para-hydroxylation sites is 1. The summed E-state index contributed by atoms with van der Waals surface area (Å²) < 4.78 is 0. The molecule has 2 aromatic carbocycles. The number of hydrogen-bond acceptors (Lipinski definition) is 4. The molecule has 0 spiro atoms. The van der Waals surface area contributed by atoms with E-state index < -0.39 is 0 Å². The molecule has 0 N–H and O–H groups in total. The highest BCUT2D eigenvalue weighted by Gasteiger charge is 2.37. The molecule has 0 unspecified atom stereocenters. The maximum Gasteiger partial charge on any atom is 0.283 e. The minimum atomic E-state index is -0.0574. The Morgan fingerprint density at radius 2 is 1.72 bits per heavy atom. The molecule has 2 aliphatic rings. The second-order valence-electron chi connectivity index (χ2n) is 6.14. The number of benzene rings is 2. The molecule has 0 aliphatic carbocycles. The van der Waals surface area contributed by atoms with Gasteiger partial charge in [-0.25, -0.2) is 0 Å². The SMILES string of the molecule is CS/C(=C1/C(=O)N(c2ccccc2)N=C1c1ccc(C)cc1)N1CC1. The molecule has 1 amide bonds. The maximum absolute atomic E-state index is 13.2. The standard InChI is InChI=1S/C20H19N3OS/c1-14-8-10-15(11-9-14)18-17(20(25-2)22-12-13-22)19(24)23(21-18)16-6-4-3-5-7-16/h3-11H,12-13H2,1-2H3/b20-17+. The van der Waals surface area contributed by atoms with Gasteiger partial charge in [0.2, 0.25) is 0 Å².